The molecule has 0 radical (unpaired) electrons. The van der Waals surface area contributed by atoms with Gasteiger partial charge in [0.05, 0.1) is 6.10 Å². The van der Waals surface area contributed by atoms with Crippen LogP contribution in [0.15, 0.2) is 0 Å². The first-order valence-corrected chi connectivity index (χ1v) is 12.9. The molecule has 1 N–H and O–H groups in total. The summed E-state index contributed by atoms with van der Waals surface area (Å²) < 4.78 is 0. The smallest absolute Gasteiger partial charge is 0.0607 e. The maximum absolute atomic E-state index is 11.3. The fourth-order valence-corrected chi connectivity index (χ4v) is 10.3. The van der Waals surface area contributed by atoms with E-state index in [0.29, 0.717) is 16.2 Å². The summed E-state index contributed by atoms with van der Waals surface area (Å²) in [7, 11) is 0. The molecule has 1 spiro atoms. The summed E-state index contributed by atoms with van der Waals surface area (Å²) in [5.41, 5.74) is 1.37. The molecule has 5 rings (SSSR count). The van der Waals surface area contributed by atoms with Gasteiger partial charge in [-0.1, -0.05) is 53.9 Å². The Balaban J connectivity index is 1.34. The lowest BCUT2D eigenvalue weighted by molar-refractivity contribution is -0.152. The molecule has 5 aliphatic rings. The van der Waals surface area contributed by atoms with Crippen molar-refractivity contribution in [3.8, 4) is 0 Å². The van der Waals surface area contributed by atoms with Crippen LogP contribution in [0.1, 0.15) is 105 Å². The molecule has 5 aliphatic carbocycles. The van der Waals surface area contributed by atoms with Gasteiger partial charge in [-0.3, -0.25) is 0 Å². The Hall–Kier alpha value is -0.0400. The Morgan fingerprint density at radius 2 is 1.71 bits per heavy atom. The molecule has 0 bridgehead atoms. The van der Waals surface area contributed by atoms with Gasteiger partial charge in [0.15, 0.2) is 0 Å². The third kappa shape index (κ3) is 2.47. The van der Waals surface area contributed by atoms with Crippen LogP contribution in [0.2, 0.25) is 0 Å². The van der Waals surface area contributed by atoms with Crippen LogP contribution in [0.25, 0.3) is 0 Å². The highest BCUT2D eigenvalue weighted by Gasteiger charge is 2.77. The van der Waals surface area contributed by atoms with Crippen LogP contribution >= 0.6 is 0 Å². The summed E-state index contributed by atoms with van der Waals surface area (Å²) in [4.78, 5) is 0. The molecule has 10 atom stereocenters. The van der Waals surface area contributed by atoms with Crippen LogP contribution < -0.4 is 0 Å². The first kappa shape index (κ1) is 19.9. The number of hydrogen-bond acceptors (Lipinski definition) is 1. The van der Waals surface area contributed by atoms with Gasteiger partial charge in [0.1, 0.15) is 0 Å². The summed E-state index contributed by atoms with van der Waals surface area (Å²) in [5.74, 6) is 6.17. The molecule has 0 saturated heterocycles. The fourth-order valence-electron chi connectivity index (χ4n) is 10.3. The number of aliphatic hydroxyl groups is 1. The molecule has 1 nitrogen and oxygen atoms in total. The van der Waals surface area contributed by atoms with Gasteiger partial charge in [-0.05, 0) is 104 Å². The third-order valence-corrected chi connectivity index (χ3v) is 11.8. The van der Waals surface area contributed by atoms with Gasteiger partial charge in [-0.15, -0.1) is 0 Å². The van der Waals surface area contributed by atoms with Crippen molar-refractivity contribution in [1.82, 2.24) is 0 Å². The highest BCUT2D eigenvalue weighted by molar-refractivity contribution is 5.25. The molecule has 0 aromatic rings. The van der Waals surface area contributed by atoms with Crippen molar-refractivity contribution in [1.29, 1.82) is 0 Å². The van der Waals surface area contributed by atoms with Gasteiger partial charge < -0.3 is 5.11 Å². The topological polar surface area (TPSA) is 20.2 Å². The predicted octanol–water partition coefficient (Wildman–Crippen LogP) is 7.08. The molecular formula is C27H46O. The Bertz CT molecular complexity index is 611. The van der Waals surface area contributed by atoms with Gasteiger partial charge in [-0.2, -0.15) is 0 Å². The predicted molar refractivity (Wildman–Crippen MR) is 117 cm³/mol. The third-order valence-electron chi connectivity index (χ3n) is 11.8. The highest BCUT2D eigenvalue weighted by atomic mass is 16.3. The summed E-state index contributed by atoms with van der Waals surface area (Å²) in [5, 5.41) is 11.3. The van der Waals surface area contributed by atoms with E-state index in [1.165, 1.54) is 64.2 Å². The molecule has 0 heterocycles. The summed E-state index contributed by atoms with van der Waals surface area (Å²) in [6, 6.07) is 0. The second-order valence-electron chi connectivity index (χ2n) is 13.1. The Labute approximate surface area is 174 Å². The zero-order valence-corrected chi connectivity index (χ0v) is 19.3. The van der Waals surface area contributed by atoms with Gasteiger partial charge in [0.25, 0.3) is 0 Å². The SMILES string of the molecule is CC(C)CCC[C@@H](C)[C@H]1CC[C@H]2[C@@H]3CC(O)C45CC4CC[C@]5(C)[C@H]3CC[C@]12C. The first-order valence-electron chi connectivity index (χ1n) is 12.9. The quantitative estimate of drug-likeness (QED) is 0.535. The van der Waals surface area contributed by atoms with E-state index in [-0.39, 0.29) is 6.10 Å². The number of aliphatic hydroxyl groups excluding tert-OH is 1. The Morgan fingerprint density at radius 1 is 0.929 bits per heavy atom. The average Bonchev–Trinajstić information content (AvgIpc) is 3.15. The van der Waals surface area contributed by atoms with Crippen LogP contribution in [0.4, 0.5) is 0 Å². The van der Waals surface area contributed by atoms with E-state index in [1.807, 2.05) is 0 Å². The Kier molecular flexibility index (Phi) is 4.60. The highest BCUT2D eigenvalue weighted by Crippen LogP contribution is 2.81. The van der Waals surface area contributed by atoms with E-state index in [0.717, 1.165) is 47.8 Å². The average molecular weight is 387 g/mol. The van der Waals surface area contributed by atoms with Crippen molar-refractivity contribution in [2.75, 3.05) is 0 Å². The fraction of sp³-hybridized carbons (Fsp3) is 1.00. The van der Waals surface area contributed by atoms with E-state index in [4.69, 9.17) is 0 Å². The van der Waals surface area contributed by atoms with Gasteiger partial charge in [0.2, 0.25) is 0 Å². The molecule has 0 aromatic carbocycles. The monoisotopic (exact) mass is 386 g/mol. The molecule has 0 aliphatic heterocycles. The minimum absolute atomic E-state index is 0.0103. The van der Waals surface area contributed by atoms with E-state index < -0.39 is 0 Å². The van der Waals surface area contributed by atoms with Crippen LogP contribution in [-0.4, -0.2) is 11.2 Å². The van der Waals surface area contributed by atoms with Crippen molar-refractivity contribution in [3.05, 3.63) is 0 Å². The summed E-state index contributed by atoms with van der Waals surface area (Å²) in [6.45, 7) is 12.6. The zero-order valence-electron chi connectivity index (χ0n) is 19.3. The van der Waals surface area contributed by atoms with Gasteiger partial charge in [0, 0.05) is 5.41 Å². The van der Waals surface area contributed by atoms with Crippen LogP contribution in [-0.2, 0) is 0 Å². The normalized spacial score (nSPS) is 55.4. The van der Waals surface area contributed by atoms with Gasteiger partial charge >= 0.3 is 0 Å². The molecule has 5 saturated carbocycles. The van der Waals surface area contributed by atoms with Crippen molar-refractivity contribution in [2.45, 2.75) is 111 Å². The van der Waals surface area contributed by atoms with E-state index >= 15 is 0 Å². The maximum Gasteiger partial charge on any atom is 0.0607 e. The molecular weight excluding hydrogens is 340 g/mol. The second-order valence-corrected chi connectivity index (χ2v) is 13.1. The molecule has 3 unspecified atom stereocenters. The van der Waals surface area contributed by atoms with E-state index in [1.54, 1.807) is 0 Å². The van der Waals surface area contributed by atoms with Crippen LogP contribution in [0, 0.1) is 57.7 Å². The van der Waals surface area contributed by atoms with Gasteiger partial charge in [-0.25, -0.2) is 0 Å². The van der Waals surface area contributed by atoms with Crippen molar-refractivity contribution < 1.29 is 5.11 Å². The van der Waals surface area contributed by atoms with Crippen molar-refractivity contribution in [2.24, 2.45) is 57.7 Å². The molecule has 0 amide bonds. The van der Waals surface area contributed by atoms with Crippen LogP contribution in [0.5, 0.6) is 0 Å². The largest absolute Gasteiger partial charge is 0.393 e. The van der Waals surface area contributed by atoms with E-state index in [2.05, 4.69) is 34.6 Å². The lowest BCUT2D eigenvalue weighted by atomic mass is 9.45. The number of rotatable bonds is 5. The Morgan fingerprint density at radius 3 is 2.43 bits per heavy atom. The second kappa shape index (κ2) is 6.48. The maximum atomic E-state index is 11.3. The van der Waals surface area contributed by atoms with E-state index in [9.17, 15) is 5.11 Å². The number of fused-ring (bicyclic) bond motifs is 4. The molecule has 160 valence electrons. The molecule has 0 aromatic heterocycles. The molecule has 1 heteroatoms. The lowest BCUT2D eigenvalue weighted by Gasteiger charge is -2.60. The zero-order chi connectivity index (χ0) is 19.9. The molecule has 5 fully saturated rings. The lowest BCUT2D eigenvalue weighted by Crippen LogP contribution is -2.56. The van der Waals surface area contributed by atoms with Crippen LogP contribution in [0.3, 0.4) is 0 Å². The van der Waals surface area contributed by atoms with Crippen molar-refractivity contribution in [3.63, 3.8) is 0 Å². The standard InChI is InChI=1S/C27H46O/c1-17(2)7-6-8-18(3)21-9-10-22-20-15-24(28)27-16-19(27)11-14-26(27,5)23(20)12-13-25(21,22)4/h17-24,28H,6-16H2,1-5H3/t18-,19?,20+,21-,22+,23+,24?,25-,26-,27?/m1/s1. The first-order chi connectivity index (χ1) is 13.2. The minimum atomic E-state index is 0.0103. The van der Waals surface area contributed by atoms with Crippen molar-refractivity contribution >= 4 is 0 Å². The summed E-state index contributed by atoms with van der Waals surface area (Å²) >= 11 is 0. The summed E-state index contributed by atoms with van der Waals surface area (Å²) in [6.07, 6.45) is 15.4. The minimum Gasteiger partial charge on any atom is -0.393 e. The number of hydrogen-bond donors (Lipinski definition) is 1. The molecule has 28 heavy (non-hydrogen) atoms.